The molecule has 0 aliphatic carbocycles. The van der Waals surface area contributed by atoms with E-state index in [1.807, 2.05) is 24.3 Å². The van der Waals surface area contributed by atoms with Crippen molar-refractivity contribution in [1.82, 2.24) is 5.32 Å². The summed E-state index contributed by atoms with van der Waals surface area (Å²) >= 11 is 11.9. The van der Waals surface area contributed by atoms with E-state index >= 15 is 0 Å². The minimum atomic E-state index is -0.216. The molecule has 2 atom stereocenters. The van der Waals surface area contributed by atoms with Gasteiger partial charge in [-0.2, -0.15) is 0 Å². The average molecular weight is 393 g/mol. The van der Waals surface area contributed by atoms with Crippen LogP contribution in [0.4, 0.5) is 5.69 Å². The van der Waals surface area contributed by atoms with Crippen molar-refractivity contribution in [2.45, 2.75) is 38.5 Å². The number of anilines is 1. The van der Waals surface area contributed by atoms with Crippen LogP contribution in [0.2, 0.25) is 10.0 Å². The number of carbonyl (C=O) groups is 1. The van der Waals surface area contributed by atoms with Crippen molar-refractivity contribution < 1.29 is 9.53 Å². The van der Waals surface area contributed by atoms with Crippen LogP contribution in [0.15, 0.2) is 42.5 Å². The van der Waals surface area contributed by atoms with Gasteiger partial charge < -0.3 is 15.4 Å². The highest BCUT2D eigenvalue weighted by Gasteiger charge is 2.18. The largest absolute Gasteiger partial charge is 0.378 e. The number of ether oxygens (including phenoxy) is 1. The molecule has 0 spiro atoms. The lowest BCUT2D eigenvalue weighted by Gasteiger charge is -2.28. The quantitative estimate of drug-likeness (QED) is 0.760. The van der Waals surface area contributed by atoms with Crippen LogP contribution < -0.4 is 10.6 Å². The Kier molecular flexibility index (Phi) is 6.54. The third-order valence-electron chi connectivity index (χ3n) is 4.45. The predicted molar refractivity (Wildman–Crippen MR) is 106 cm³/mol. The van der Waals surface area contributed by atoms with Gasteiger partial charge in [-0.1, -0.05) is 35.3 Å². The first-order valence-electron chi connectivity index (χ1n) is 8.71. The maximum absolute atomic E-state index is 12.4. The van der Waals surface area contributed by atoms with Gasteiger partial charge in [0.25, 0.3) is 5.91 Å². The minimum Gasteiger partial charge on any atom is -0.378 e. The molecule has 1 fully saturated rings. The third kappa shape index (κ3) is 5.21. The van der Waals surface area contributed by atoms with Gasteiger partial charge in [-0.25, -0.2) is 0 Å². The Bertz CT molecular complexity index is 782. The molecule has 1 amide bonds. The monoisotopic (exact) mass is 392 g/mol. The van der Waals surface area contributed by atoms with Crippen molar-refractivity contribution in [1.29, 1.82) is 0 Å². The molecule has 26 heavy (non-hydrogen) atoms. The smallest absolute Gasteiger partial charge is 0.255 e. The molecule has 2 aromatic rings. The molecule has 1 aliphatic rings. The predicted octanol–water partition coefficient (Wildman–Crippen LogP) is 4.90. The van der Waals surface area contributed by atoms with Gasteiger partial charge in [0.05, 0.1) is 16.1 Å². The van der Waals surface area contributed by atoms with Crippen LogP contribution in [0, 0.1) is 0 Å². The lowest BCUT2D eigenvalue weighted by atomic mass is 10.0. The maximum Gasteiger partial charge on any atom is 0.255 e. The summed E-state index contributed by atoms with van der Waals surface area (Å²) in [7, 11) is 0. The number of benzene rings is 2. The summed E-state index contributed by atoms with van der Waals surface area (Å²) in [4.78, 5) is 12.4. The van der Waals surface area contributed by atoms with Crippen molar-refractivity contribution in [3.63, 3.8) is 0 Å². The van der Waals surface area contributed by atoms with Crippen molar-refractivity contribution in [3.05, 3.63) is 63.6 Å². The molecule has 0 aromatic heterocycles. The second kappa shape index (κ2) is 8.87. The zero-order chi connectivity index (χ0) is 18.5. The Morgan fingerprint density at radius 3 is 2.81 bits per heavy atom. The number of amides is 1. The number of rotatable bonds is 5. The molecule has 1 heterocycles. The van der Waals surface area contributed by atoms with Crippen LogP contribution in [0.1, 0.15) is 35.7 Å². The van der Waals surface area contributed by atoms with Gasteiger partial charge in [0, 0.05) is 30.4 Å². The second-order valence-electron chi connectivity index (χ2n) is 6.57. The van der Waals surface area contributed by atoms with Crippen molar-refractivity contribution in [3.8, 4) is 0 Å². The number of nitrogens with one attached hydrogen (secondary N) is 2. The van der Waals surface area contributed by atoms with E-state index in [-0.39, 0.29) is 5.91 Å². The van der Waals surface area contributed by atoms with Crippen LogP contribution in [-0.4, -0.2) is 24.7 Å². The molecule has 6 heteroatoms. The summed E-state index contributed by atoms with van der Waals surface area (Å²) in [5.41, 5.74) is 2.34. The Hall–Kier alpha value is -1.59. The van der Waals surface area contributed by atoms with Crippen LogP contribution in [0.5, 0.6) is 0 Å². The molecule has 2 unspecified atom stereocenters. The van der Waals surface area contributed by atoms with Gasteiger partial charge in [-0.15, -0.1) is 0 Å². The molecule has 1 aliphatic heterocycles. The molecular formula is C20H22Cl2N2O2. The number of hydrogen-bond acceptors (Lipinski definition) is 3. The minimum absolute atomic E-state index is 0.216. The first kappa shape index (κ1) is 19.2. The van der Waals surface area contributed by atoms with E-state index in [9.17, 15) is 4.79 Å². The van der Waals surface area contributed by atoms with Gasteiger partial charge >= 0.3 is 0 Å². The van der Waals surface area contributed by atoms with Gasteiger partial charge in [0.2, 0.25) is 0 Å². The second-order valence-corrected chi connectivity index (χ2v) is 7.38. The summed E-state index contributed by atoms with van der Waals surface area (Å²) in [5.74, 6) is -0.216. The fraction of sp³-hybridized carbons (Fsp3) is 0.350. The summed E-state index contributed by atoms with van der Waals surface area (Å²) in [6.07, 6.45) is 2.35. The van der Waals surface area contributed by atoms with Crippen molar-refractivity contribution in [2.75, 3.05) is 11.9 Å². The lowest BCUT2D eigenvalue weighted by molar-refractivity contribution is 0.0130. The summed E-state index contributed by atoms with van der Waals surface area (Å²) in [5, 5.41) is 7.26. The van der Waals surface area contributed by atoms with Crippen molar-refractivity contribution in [2.24, 2.45) is 0 Å². The number of carbonyl (C=O) groups excluding carboxylic acids is 1. The molecule has 0 bridgehead atoms. The van der Waals surface area contributed by atoms with E-state index in [0.717, 1.165) is 37.2 Å². The van der Waals surface area contributed by atoms with Crippen molar-refractivity contribution >= 4 is 34.8 Å². The Morgan fingerprint density at radius 2 is 2.04 bits per heavy atom. The maximum atomic E-state index is 12.4. The zero-order valence-corrected chi connectivity index (χ0v) is 16.1. The topological polar surface area (TPSA) is 50.4 Å². The van der Waals surface area contributed by atoms with E-state index in [2.05, 4.69) is 17.6 Å². The highest BCUT2D eigenvalue weighted by molar-refractivity contribution is 6.42. The number of halogens is 2. The van der Waals surface area contributed by atoms with Crippen LogP contribution in [-0.2, 0) is 11.3 Å². The number of hydrogen-bond donors (Lipinski definition) is 2. The normalized spacial score (nSPS) is 20.0. The molecule has 4 nitrogen and oxygen atoms in total. The molecule has 0 saturated carbocycles. The Balaban J connectivity index is 1.59. The molecule has 3 rings (SSSR count). The highest BCUT2D eigenvalue weighted by Crippen LogP contribution is 2.23. The fourth-order valence-electron chi connectivity index (χ4n) is 3.05. The van der Waals surface area contributed by atoms with Crippen LogP contribution >= 0.6 is 23.2 Å². The van der Waals surface area contributed by atoms with E-state index in [4.69, 9.17) is 27.9 Å². The van der Waals surface area contributed by atoms with Gasteiger partial charge in [0.1, 0.15) is 0 Å². The summed E-state index contributed by atoms with van der Waals surface area (Å²) in [6, 6.07) is 13.1. The van der Waals surface area contributed by atoms with Gasteiger partial charge in [0.15, 0.2) is 0 Å². The van der Waals surface area contributed by atoms with E-state index in [1.54, 1.807) is 18.2 Å². The molecular weight excluding hydrogens is 371 g/mol. The molecule has 0 radical (unpaired) electrons. The summed E-state index contributed by atoms with van der Waals surface area (Å²) < 4.78 is 5.58. The SMILES string of the molecule is CC1CC(NCc2cccc(NC(=O)c3ccc(Cl)c(Cl)c3)c2)CCO1. The zero-order valence-electron chi connectivity index (χ0n) is 14.6. The van der Waals surface area contributed by atoms with Crippen LogP contribution in [0.3, 0.4) is 0 Å². The summed E-state index contributed by atoms with van der Waals surface area (Å²) in [6.45, 7) is 3.67. The fourth-order valence-corrected chi connectivity index (χ4v) is 3.34. The van der Waals surface area contributed by atoms with Gasteiger partial charge in [-0.05, 0) is 55.7 Å². The molecule has 2 aromatic carbocycles. The molecule has 2 N–H and O–H groups in total. The first-order chi connectivity index (χ1) is 12.5. The van der Waals surface area contributed by atoms with E-state index in [0.29, 0.717) is 27.8 Å². The molecule has 1 saturated heterocycles. The first-order valence-corrected chi connectivity index (χ1v) is 9.47. The van der Waals surface area contributed by atoms with E-state index < -0.39 is 0 Å². The lowest BCUT2D eigenvalue weighted by Crippen LogP contribution is -2.37. The van der Waals surface area contributed by atoms with E-state index in [1.165, 1.54) is 0 Å². The molecule has 138 valence electrons. The third-order valence-corrected chi connectivity index (χ3v) is 5.19. The highest BCUT2D eigenvalue weighted by atomic mass is 35.5. The average Bonchev–Trinajstić information content (AvgIpc) is 2.62. The van der Waals surface area contributed by atoms with Crippen LogP contribution in [0.25, 0.3) is 0 Å². The van der Waals surface area contributed by atoms with Gasteiger partial charge in [-0.3, -0.25) is 4.79 Å². The Morgan fingerprint density at radius 1 is 1.19 bits per heavy atom. The Labute approximate surface area is 163 Å². The standard InChI is InChI=1S/C20H22Cl2N2O2/c1-13-9-16(7-8-26-13)23-12-14-3-2-4-17(10-14)24-20(25)15-5-6-18(21)19(22)11-15/h2-6,10-11,13,16,23H,7-9,12H2,1H3,(H,24,25).